The highest BCUT2D eigenvalue weighted by molar-refractivity contribution is 4.41. The maximum atomic E-state index is 10.9. The van der Waals surface area contributed by atoms with Crippen LogP contribution in [0, 0.1) is 0 Å². The Morgan fingerprint density at radius 3 is 1.75 bits per heavy atom. The van der Waals surface area contributed by atoms with Crippen LogP contribution in [0.1, 0.15) is 6.92 Å². The van der Waals surface area contributed by atoms with E-state index in [2.05, 4.69) is 9.47 Å². The molecule has 0 amide bonds. The highest BCUT2D eigenvalue weighted by atomic mass is 19.4. The molecule has 0 rings (SSSR count). The van der Waals surface area contributed by atoms with Gasteiger partial charge in [0, 0.05) is 13.7 Å². The minimum atomic E-state index is -4.17. The van der Waals surface area contributed by atoms with Crippen molar-refractivity contribution in [2.75, 3.05) is 27.2 Å². The predicted octanol–water partition coefficient (Wildman–Crippen LogP) is 2.15. The molecule has 0 spiro atoms. The van der Waals surface area contributed by atoms with E-state index in [1.54, 1.807) is 6.92 Å². The summed E-state index contributed by atoms with van der Waals surface area (Å²) in [4.78, 5) is 0. The van der Waals surface area contributed by atoms with Gasteiger partial charge in [0.05, 0.1) is 0 Å². The Balaban J connectivity index is 0. The van der Waals surface area contributed by atoms with Crippen LogP contribution in [-0.2, 0) is 9.47 Å². The van der Waals surface area contributed by atoms with Gasteiger partial charge in [-0.3, -0.25) is 0 Å². The molecule has 0 saturated carbocycles. The highest BCUT2D eigenvalue weighted by Crippen LogP contribution is 2.13. The Bertz CT molecular complexity index is 82.1. The van der Waals surface area contributed by atoms with Gasteiger partial charge in [-0.1, -0.05) is 0 Å². The highest BCUT2D eigenvalue weighted by Gasteiger charge is 2.26. The average molecular weight is 192 g/mol. The van der Waals surface area contributed by atoms with Crippen molar-refractivity contribution >= 4 is 0 Å². The summed E-state index contributed by atoms with van der Waals surface area (Å²) in [6.07, 6.45) is -4.17. The maximum Gasteiger partial charge on any atom is 0.411 e. The van der Waals surface area contributed by atoms with Crippen LogP contribution in [0.5, 0.6) is 0 Å². The first-order valence-electron chi connectivity index (χ1n) is 3.17. The summed E-state index contributed by atoms with van der Waals surface area (Å²) in [5, 5.41) is 0. The van der Waals surface area contributed by atoms with Crippen LogP contribution < -0.4 is 0 Å². The van der Waals surface area contributed by atoms with Crippen molar-refractivity contribution in [3.8, 4) is 0 Å². The van der Waals surface area contributed by atoms with Crippen LogP contribution in [0.2, 0.25) is 0 Å². The lowest BCUT2D eigenvalue weighted by atomic mass is 10.7. The molecule has 0 aliphatic carbocycles. The third kappa shape index (κ3) is 22.6. The molecule has 76 valence electrons. The Labute approximate surface area is 68.5 Å². The van der Waals surface area contributed by atoms with E-state index in [4.69, 9.17) is 0 Å². The summed E-state index contributed by atoms with van der Waals surface area (Å²) in [6.45, 7) is 0.402. The fourth-order valence-corrected chi connectivity index (χ4v) is 0.241. The first-order valence-corrected chi connectivity index (χ1v) is 3.17. The number of alkyl halides is 4. The van der Waals surface area contributed by atoms with Crippen molar-refractivity contribution in [3.05, 3.63) is 0 Å². The van der Waals surface area contributed by atoms with Gasteiger partial charge in [0.1, 0.15) is 6.61 Å². The van der Waals surface area contributed by atoms with Gasteiger partial charge >= 0.3 is 6.18 Å². The molecule has 0 aromatic carbocycles. The lowest BCUT2D eigenvalue weighted by molar-refractivity contribution is -0.167. The monoisotopic (exact) mass is 192 g/mol. The van der Waals surface area contributed by atoms with Gasteiger partial charge in [-0.2, -0.15) is 13.2 Å². The van der Waals surface area contributed by atoms with Crippen LogP contribution in [0.15, 0.2) is 0 Å². The zero-order chi connectivity index (χ0) is 10.0. The van der Waals surface area contributed by atoms with Gasteiger partial charge in [0.15, 0.2) is 6.86 Å². The molecule has 0 bridgehead atoms. The summed E-state index contributed by atoms with van der Waals surface area (Å²) in [7, 11) is 1.01. The molecule has 2 nitrogen and oxygen atoms in total. The number of hydrogen-bond donors (Lipinski definition) is 0. The van der Waals surface area contributed by atoms with E-state index in [-0.39, 0.29) is 0 Å². The Hall–Kier alpha value is -0.360. The minimum Gasteiger partial charge on any atom is -0.375 e. The van der Waals surface area contributed by atoms with E-state index in [9.17, 15) is 17.6 Å². The standard InChI is InChI=1S/C3H5F3O.C3H7FO/c1-7-2-3(4,5)6;1-2-5-3-4/h2H2,1H3;2-3H2,1H3. The maximum absolute atomic E-state index is 10.9. The van der Waals surface area contributed by atoms with Gasteiger partial charge in [-0.15, -0.1) is 0 Å². The number of rotatable bonds is 3. The van der Waals surface area contributed by atoms with Crippen LogP contribution >= 0.6 is 0 Å². The van der Waals surface area contributed by atoms with E-state index in [0.29, 0.717) is 6.61 Å². The fraction of sp³-hybridized carbons (Fsp3) is 1.00. The van der Waals surface area contributed by atoms with Crippen LogP contribution in [0.3, 0.4) is 0 Å². The SMILES string of the molecule is CCOCF.COCC(F)(F)F. The number of methoxy groups -OCH3 is 1. The second-order valence-electron chi connectivity index (χ2n) is 1.65. The molecule has 6 heteroatoms. The number of ether oxygens (including phenoxy) is 2. The lowest BCUT2D eigenvalue weighted by Crippen LogP contribution is -2.14. The molecule has 0 radical (unpaired) electrons. The van der Waals surface area contributed by atoms with Crippen molar-refractivity contribution < 1.29 is 27.0 Å². The quantitative estimate of drug-likeness (QED) is 0.638. The molecule has 0 aliphatic rings. The molecular weight excluding hydrogens is 180 g/mol. The summed E-state index contributed by atoms with van der Waals surface area (Å²) >= 11 is 0. The number of hydrogen-bond acceptors (Lipinski definition) is 2. The Kier molecular flexibility index (Phi) is 10.3. The summed E-state index contributed by atoms with van der Waals surface area (Å²) in [5.74, 6) is 0. The second kappa shape index (κ2) is 8.73. The summed E-state index contributed by atoms with van der Waals surface area (Å²) in [5.41, 5.74) is 0. The molecule has 0 N–H and O–H groups in total. The van der Waals surface area contributed by atoms with Crippen LogP contribution in [0.25, 0.3) is 0 Å². The molecule has 0 unspecified atom stereocenters. The lowest BCUT2D eigenvalue weighted by Gasteiger charge is -2.01. The molecule has 0 saturated heterocycles. The van der Waals surface area contributed by atoms with Gasteiger partial charge in [-0.05, 0) is 6.92 Å². The van der Waals surface area contributed by atoms with Crippen LogP contribution in [0.4, 0.5) is 17.6 Å². The normalized spacial score (nSPS) is 10.5. The van der Waals surface area contributed by atoms with E-state index in [0.717, 1.165) is 7.11 Å². The molecule has 12 heavy (non-hydrogen) atoms. The van der Waals surface area contributed by atoms with E-state index < -0.39 is 19.6 Å². The summed E-state index contributed by atoms with van der Waals surface area (Å²) in [6, 6.07) is 0. The Morgan fingerprint density at radius 1 is 1.25 bits per heavy atom. The average Bonchev–Trinajstić information content (AvgIpc) is 1.87. The topological polar surface area (TPSA) is 18.5 Å². The van der Waals surface area contributed by atoms with Gasteiger partial charge < -0.3 is 9.47 Å². The third-order valence-electron chi connectivity index (χ3n) is 0.589. The number of halogens is 4. The van der Waals surface area contributed by atoms with Crippen molar-refractivity contribution in [2.24, 2.45) is 0 Å². The predicted molar refractivity (Wildman–Crippen MR) is 35.5 cm³/mol. The van der Waals surface area contributed by atoms with Crippen molar-refractivity contribution in [1.29, 1.82) is 0 Å². The molecular formula is C6H12F4O2. The van der Waals surface area contributed by atoms with Gasteiger partial charge in [-0.25, -0.2) is 4.39 Å². The van der Waals surface area contributed by atoms with E-state index in [1.807, 2.05) is 0 Å². The summed E-state index contributed by atoms with van der Waals surface area (Å²) < 4.78 is 51.5. The van der Waals surface area contributed by atoms with Crippen molar-refractivity contribution in [3.63, 3.8) is 0 Å². The van der Waals surface area contributed by atoms with Gasteiger partial charge in [0.2, 0.25) is 0 Å². The first-order chi connectivity index (χ1) is 5.47. The smallest absolute Gasteiger partial charge is 0.375 e. The largest absolute Gasteiger partial charge is 0.411 e. The molecule has 0 fully saturated rings. The molecule has 0 aromatic rings. The van der Waals surface area contributed by atoms with Crippen LogP contribution in [-0.4, -0.2) is 33.4 Å². The zero-order valence-electron chi connectivity index (χ0n) is 6.95. The minimum absolute atomic E-state index is 0.469. The van der Waals surface area contributed by atoms with E-state index >= 15 is 0 Å². The molecule has 0 atom stereocenters. The van der Waals surface area contributed by atoms with Gasteiger partial charge in [0.25, 0.3) is 0 Å². The van der Waals surface area contributed by atoms with Crippen molar-refractivity contribution in [2.45, 2.75) is 13.1 Å². The molecule has 0 aliphatic heterocycles. The second-order valence-corrected chi connectivity index (χ2v) is 1.65. The fourth-order valence-electron chi connectivity index (χ4n) is 0.241. The molecule has 0 aromatic heterocycles. The van der Waals surface area contributed by atoms with Crippen molar-refractivity contribution in [1.82, 2.24) is 0 Å². The molecule has 0 heterocycles. The first kappa shape index (κ1) is 14.2. The zero-order valence-corrected chi connectivity index (χ0v) is 6.95. The Morgan fingerprint density at radius 2 is 1.75 bits per heavy atom. The van der Waals surface area contributed by atoms with E-state index in [1.165, 1.54) is 0 Å². The third-order valence-corrected chi connectivity index (χ3v) is 0.589.